The Morgan fingerprint density at radius 2 is 1.09 bits per heavy atom. The number of benzene rings is 5. The molecule has 0 N–H and O–H groups in total. The summed E-state index contributed by atoms with van der Waals surface area (Å²) in [6, 6.07) is 45.5. The van der Waals surface area contributed by atoms with Gasteiger partial charge in [0.25, 0.3) is 0 Å². The van der Waals surface area contributed by atoms with Crippen LogP contribution >= 0.6 is 11.3 Å². The smallest absolute Gasteiger partial charge is 0.160 e. The maximum atomic E-state index is 5.12. The molecular weight excluding hydrogens is 571 g/mol. The van der Waals surface area contributed by atoms with Gasteiger partial charge in [-0.05, 0) is 24.3 Å². The van der Waals surface area contributed by atoms with Crippen LogP contribution in [0.25, 0.3) is 87.4 Å². The van der Waals surface area contributed by atoms with E-state index in [1.54, 1.807) is 11.3 Å². The molecule has 0 atom stereocenters. The molecule has 9 rings (SSSR count). The Morgan fingerprint density at radius 1 is 0.444 bits per heavy atom. The van der Waals surface area contributed by atoms with Gasteiger partial charge in [0, 0.05) is 49.3 Å². The van der Waals surface area contributed by atoms with E-state index in [-0.39, 0.29) is 0 Å². The molecule has 0 amide bonds. The Morgan fingerprint density at radius 3 is 1.91 bits per heavy atom. The molecule has 4 heterocycles. The van der Waals surface area contributed by atoms with Crippen LogP contribution in [0, 0.1) is 0 Å². The van der Waals surface area contributed by atoms with E-state index in [0.29, 0.717) is 11.6 Å². The zero-order chi connectivity index (χ0) is 29.7. The Hall–Kier alpha value is -5.85. The number of pyridine rings is 1. The molecule has 0 bridgehead atoms. The van der Waals surface area contributed by atoms with E-state index in [1.165, 1.54) is 4.70 Å². The van der Waals surface area contributed by atoms with Crippen LogP contribution in [0.4, 0.5) is 0 Å². The predicted octanol–water partition coefficient (Wildman–Crippen LogP) is 10.0. The quantitative estimate of drug-likeness (QED) is 0.203. The van der Waals surface area contributed by atoms with Crippen LogP contribution in [0.3, 0.4) is 0 Å². The summed E-state index contributed by atoms with van der Waals surface area (Å²) in [7, 11) is 0. The Balaban J connectivity index is 1.17. The number of para-hydroxylation sites is 2. The second-order valence-corrected chi connectivity index (χ2v) is 12.0. The van der Waals surface area contributed by atoms with Crippen LogP contribution in [-0.2, 0) is 0 Å². The van der Waals surface area contributed by atoms with E-state index in [4.69, 9.17) is 24.9 Å². The molecule has 0 saturated carbocycles. The molecule has 0 aliphatic rings. The van der Waals surface area contributed by atoms with Crippen LogP contribution in [0.5, 0.6) is 0 Å². The molecule has 0 aliphatic heterocycles. The molecule has 0 fully saturated rings. The second-order valence-electron chi connectivity index (χ2n) is 10.9. The molecule has 0 radical (unpaired) electrons. The van der Waals surface area contributed by atoms with Gasteiger partial charge >= 0.3 is 0 Å². The average molecular weight is 594 g/mol. The molecule has 6 heteroatoms. The minimum absolute atomic E-state index is 0.661. The first-order chi connectivity index (χ1) is 22.3. The number of aromatic nitrogens is 5. The molecule has 45 heavy (non-hydrogen) atoms. The molecule has 9 aromatic rings. The van der Waals surface area contributed by atoms with Crippen molar-refractivity contribution < 1.29 is 0 Å². The molecule has 0 saturated heterocycles. The Kier molecular flexibility index (Phi) is 5.92. The maximum Gasteiger partial charge on any atom is 0.160 e. The van der Waals surface area contributed by atoms with E-state index in [9.17, 15) is 0 Å². The highest BCUT2D eigenvalue weighted by molar-refractivity contribution is 7.26. The summed E-state index contributed by atoms with van der Waals surface area (Å²) in [5.74, 6) is 1.35. The molecule has 0 unspecified atom stereocenters. The fourth-order valence-electron chi connectivity index (χ4n) is 5.91. The highest BCUT2D eigenvalue weighted by Gasteiger charge is 2.17. The van der Waals surface area contributed by atoms with Gasteiger partial charge in [0.05, 0.1) is 32.6 Å². The summed E-state index contributed by atoms with van der Waals surface area (Å²) in [5, 5.41) is 3.22. The van der Waals surface area contributed by atoms with E-state index >= 15 is 0 Å². The van der Waals surface area contributed by atoms with Gasteiger partial charge in [-0.25, -0.2) is 19.9 Å². The van der Waals surface area contributed by atoms with Gasteiger partial charge in [0.2, 0.25) is 0 Å². The van der Waals surface area contributed by atoms with Gasteiger partial charge < -0.3 is 0 Å². The third-order valence-corrected chi connectivity index (χ3v) is 9.30. The molecular formula is C39H23N5S. The van der Waals surface area contributed by atoms with Crippen molar-refractivity contribution in [1.29, 1.82) is 0 Å². The first kappa shape index (κ1) is 25.6. The van der Waals surface area contributed by atoms with Crippen LogP contribution in [0.15, 0.2) is 140 Å². The van der Waals surface area contributed by atoms with Crippen LogP contribution < -0.4 is 0 Å². The van der Waals surface area contributed by atoms with E-state index in [2.05, 4.69) is 91.0 Å². The van der Waals surface area contributed by atoms with Crippen molar-refractivity contribution in [2.45, 2.75) is 0 Å². The lowest BCUT2D eigenvalue weighted by Crippen LogP contribution is -1.96. The summed E-state index contributed by atoms with van der Waals surface area (Å²) >= 11 is 1.74. The lowest BCUT2D eigenvalue weighted by molar-refractivity contribution is 1.22. The van der Waals surface area contributed by atoms with Crippen LogP contribution in [0.2, 0.25) is 0 Å². The Labute approximate surface area is 262 Å². The fraction of sp³-hybridized carbons (Fsp3) is 0. The standard InChI is InChI=1S/C39H23N5S/c1-2-10-24(11-3-1)35-37-36(30-14-6-9-17-33(30)45-37)44-39(43-35)26-20-18-25(19-21-26)38-41-32-16-8-5-13-29(32)34(42-38)28-22-27-12-4-7-15-31(27)40-23-28/h1-23H. The monoisotopic (exact) mass is 593 g/mol. The van der Waals surface area contributed by atoms with Crippen molar-refractivity contribution in [2.75, 3.05) is 0 Å². The van der Waals surface area contributed by atoms with E-state index < -0.39 is 0 Å². The van der Waals surface area contributed by atoms with Gasteiger partial charge in [0.15, 0.2) is 11.6 Å². The minimum Gasteiger partial charge on any atom is -0.256 e. The largest absolute Gasteiger partial charge is 0.256 e. The van der Waals surface area contributed by atoms with Gasteiger partial charge in [0.1, 0.15) is 0 Å². The predicted molar refractivity (Wildman–Crippen MR) is 185 cm³/mol. The van der Waals surface area contributed by atoms with Crippen molar-refractivity contribution in [2.24, 2.45) is 0 Å². The van der Waals surface area contributed by atoms with Crippen LogP contribution in [0.1, 0.15) is 0 Å². The molecule has 210 valence electrons. The van der Waals surface area contributed by atoms with Gasteiger partial charge in [-0.2, -0.15) is 0 Å². The summed E-state index contributed by atoms with van der Waals surface area (Å²) in [6.45, 7) is 0. The molecule has 0 spiro atoms. The zero-order valence-corrected chi connectivity index (χ0v) is 24.7. The van der Waals surface area contributed by atoms with Crippen molar-refractivity contribution in [1.82, 2.24) is 24.9 Å². The van der Waals surface area contributed by atoms with Crippen LogP contribution in [-0.4, -0.2) is 24.9 Å². The topological polar surface area (TPSA) is 64.5 Å². The first-order valence-corrected chi connectivity index (χ1v) is 15.6. The number of hydrogen-bond acceptors (Lipinski definition) is 6. The van der Waals surface area contributed by atoms with Crippen molar-refractivity contribution >= 4 is 53.4 Å². The highest BCUT2D eigenvalue weighted by Crippen LogP contribution is 2.39. The third-order valence-electron chi connectivity index (χ3n) is 8.14. The van der Waals surface area contributed by atoms with Gasteiger partial charge in [-0.3, -0.25) is 4.98 Å². The number of thiophene rings is 1. The maximum absolute atomic E-state index is 5.12. The molecule has 5 nitrogen and oxygen atoms in total. The molecule has 4 aromatic heterocycles. The van der Waals surface area contributed by atoms with Gasteiger partial charge in [-0.15, -0.1) is 11.3 Å². The van der Waals surface area contributed by atoms with Crippen molar-refractivity contribution in [3.8, 4) is 45.3 Å². The average Bonchev–Trinajstić information content (AvgIpc) is 3.50. The zero-order valence-electron chi connectivity index (χ0n) is 23.9. The SMILES string of the molecule is c1ccc(-c2nc(-c3ccc(-c4nc(-c5cnc6ccccc6c5)c5ccccc5n4)cc3)nc3c2sc2ccccc23)cc1. The van der Waals surface area contributed by atoms with Gasteiger partial charge in [-0.1, -0.05) is 109 Å². The number of nitrogens with zero attached hydrogens (tertiary/aromatic N) is 5. The lowest BCUT2D eigenvalue weighted by Gasteiger charge is -2.11. The normalized spacial score (nSPS) is 11.6. The number of rotatable bonds is 4. The minimum atomic E-state index is 0.661. The van der Waals surface area contributed by atoms with E-state index in [1.807, 2.05) is 48.7 Å². The highest BCUT2D eigenvalue weighted by atomic mass is 32.1. The van der Waals surface area contributed by atoms with E-state index in [0.717, 1.165) is 71.1 Å². The molecule has 5 aromatic carbocycles. The lowest BCUT2D eigenvalue weighted by atomic mass is 10.0. The second kappa shape index (κ2) is 10.4. The third kappa shape index (κ3) is 4.42. The summed E-state index contributed by atoms with van der Waals surface area (Å²) in [5.41, 5.74) is 8.55. The summed E-state index contributed by atoms with van der Waals surface area (Å²) in [4.78, 5) is 25.0. The number of hydrogen-bond donors (Lipinski definition) is 0. The summed E-state index contributed by atoms with van der Waals surface area (Å²) < 4.78 is 2.31. The van der Waals surface area contributed by atoms with Crippen molar-refractivity contribution in [3.63, 3.8) is 0 Å². The Bertz CT molecular complexity index is 2540. The van der Waals surface area contributed by atoms with Crippen molar-refractivity contribution in [3.05, 3.63) is 140 Å². The summed E-state index contributed by atoms with van der Waals surface area (Å²) in [6.07, 6.45) is 1.90. The fourth-order valence-corrected chi connectivity index (χ4v) is 7.06. The first-order valence-electron chi connectivity index (χ1n) is 14.8. The molecule has 0 aliphatic carbocycles. The number of fused-ring (bicyclic) bond motifs is 5.